The van der Waals surface area contributed by atoms with E-state index in [1.54, 1.807) is 0 Å². The van der Waals surface area contributed by atoms with Gasteiger partial charge in [-0.1, -0.05) is 13.8 Å². The van der Waals surface area contributed by atoms with Crippen molar-refractivity contribution in [3.8, 4) is 0 Å². The maximum Gasteiger partial charge on any atom is 0.0841 e. The van der Waals surface area contributed by atoms with Crippen LogP contribution in [0.2, 0.25) is 0 Å². The van der Waals surface area contributed by atoms with E-state index in [0.29, 0.717) is 12.0 Å². The Bertz CT molecular complexity index is 123. The SMILES string of the molecule is CC(C)[C@H](O)[C@H]1CC[C@H](C)O1. The molecule has 0 aliphatic carbocycles. The molecule has 0 aromatic heterocycles. The van der Waals surface area contributed by atoms with Gasteiger partial charge in [0.2, 0.25) is 0 Å². The van der Waals surface area contributed by atoms with E-state index < -0.39 is 0 Å². The van der Waals surface area contributed by atoms with Gasteiger partial charge in [-0.15, -0.1) is 0 Å². The van der Waals surface area contributed by atoms with Crippen LogP contribution in [-0.4, -0.2) is 23.4 Å². The van der Waals surface area contributed by atoms with Gasteiger partial charge in [-0.25, -0.2) is 0 Å². The lowest BCUT2D eigenvalue weighted by Crippen LogP contribution is -2.30. The second-order valence-electron chi connectivity index (χ2n) is 3.80. The van der Waals surface area contributed by atoms with Crippen LogP contribution in [0.5, 0.6) is 0 Å². The van der Waals surface area contributed by atoms with Crippen molar-refractivity contribution in [1.82, 2.24) is 0 Å². The third-order valence-electron chi connectivity index (χ3n) is 2.33. The molecule has 0 spiro atoms. The van der Waals surface area contributed by atoms with Crippen LogP contribution in [0.4, 0.5) is 0 Å². The normalized spacial score (nSPS) is 34.6. The zero-order valence-electron chi connectivity index (χ0n) is 7.58. The van der Waals surface area contributed by atoms with Gasteiger partial charge in [-0.2, -0.15) is 0 Å². The summed E-state index contributed by atoms with van der Waals surface area (Å²) in [5.74, 6) is 0.310. The monoisotopic (exact) mass is 158 g/mol. The molecule has 11 heavy (non-hydrogen) atoms. The van der Waals surface area contributed by atoms with E-state index in [1.807, 2.05) is 13.8 Å². The second-order valence-corrected chi connectivity index (χ2v) is 3.80. The zero-order valence-corrected chi connectivity index (χ0v) is 7.58. The first-order valence-corrected chi connectivity index (χ1v) is 4.44. The molecule has 1 heterocycles. The van der Waals surface area contributed by atoms with Crippen LogP contribution in [0.1, 0.15) is 33.6 Å². The highest BCUT2D eigenvalue weighted by atomic mass is 16.5. The number of ether oxygens (including phenoxy) is 1. The molecular weight excluding hydrogens is 140 g/mol. The van der Waals surface area contributed by atoms with Crippen LogP contribution in [-0.2, 0) is 4.74 Å². The van der Waals surface area contributed by atoms with E-state index >= 15 is 0 Å². The van der Waals surface area contributed by atoms with E-state index in [9.17, 15) is 5.11 Å². The number of hydrogen-bond donors (Lipinski definition) is 1. The molecule has 0 aromatic carbocycles. The van der Waals surface area contributed by atoms with Gasteiger partial charge in [-0.05, 0) is 25.7 Å². The summed E-state index contributed by atoms with van der Waals surface area (Å²) in [6.45, 7) is 6.11. The molecule has 0 bridgehead atoms. The number of rotatable bonds is 2. The molecule has 2 nitrogen and oxygen atoms in total. The fraction of sp³-hybridized carbons (Fsp3) is 1.00. The van der Waals surface area contributed by atoms with Crippen molar-refractivity contribution in [3.63, 3.8) is 0 Å². The number of aliphatic hydroxyl groups is 1. The molecule has 1 aliphatic heterocycles. The summed E-state index contributed by atoms with van der Waals surface area (Å²) in [7, 11) is 0. The molecule has 0 saturated carbocycles. The molecular formula is C9H18O2. The van der Waals surface area contributed by atoms with Crippen molar-refractivity contribution in [2.75, 3.05) is 0 Å². The van der Waals surface area contributed by atoms with Gasteiger partial charge >= 0.3 is 0 Å². The summed E-state index contributed by atoms with van der Waals surface area (Å²) >= 11 is 0. The predicted molar refractivity (Wildman–Crippen MR) is 44.4 cm³/mol. The average molecular weight is 158 g/mol. The molecule has 2 heteroatoms. The van der Waals surface area contributed by atoms with E-state index in [-0.39, 0.29) is 12.2 Å². The Hall–Kier alpha value is -0.0800. The van der Waals surface area contributed by atoms with Crippen LogP contribution in [0, 0.1) is 5.92 Å². The van der Waals surface area contributed by atoms with Crippen molar-refractivity contribution in [3.05, 3.63) is 0 Å². The largest absolute Gasteiger partial charge is 0.390 e. The third kappa shape index (κ3) is 2.17. The van der Waals surface area contributed by atoms with E-state index in [2.05, 4.69) is 6.92 Å². The van der Waals surface area contributed by atoms with Crippen LogP contribution in [0.25, 0.3) is 0 Å². The highest BCUT2D eigenvalue weighted by Gasteiger charge is 2.29. The minimum Gasteiger partial charge on any atom is -0.390 e. The number of aliphatic hydroxyl groups excluding tert-OH is 1. The summed E-state index contributed by atoms with van der Waals surface area (Å²) in [4.78, 5) is 0. The van der Waals surface area contributed by atoms with Crippen molar-refractivity contribution in [2.45, 2.75) is 51.9 Å². The molecule has 0 amide bonds. The highest BCUT2D eigenvalue weighted by molar-refractivity contribution is 4.78. The Kier molecular flexibility index (Phi) is 2.90. The van der Waals surface area contributed by atoms with E-state index in [4.69, 9.17) is 4.74 Å². The van der Waals surface area contributed by atoms with Crippen LogP contribution >= 0.6 is 0 Å². The topological polar surface area (TPSA) is 29.5 Å². The lowest BCUT2D eigenvalue weighted by molar-refractivity contribution is -0.0468. The molecule has 66 valence electrons. The maximum absolute atomic E-state index is 9.62. The van der Waals surface area contributed by atoms with Crippen LogP contribution in [0.3, 0.4) is 0 Å². The zero-order chi connectivity index (χ0) is 8.43. The highest BCUT2D eigenvalue weighted by Crippen LogP contribution is 2.24. The molecule has 1 rings (SSSR count). The Morgan fingerprint density at radius 2 is 2.00 bits per heavy atom. The van der Waals surface area contributed by atoms with Crippen molar-refractivity contribution < 1.29 is 9.84 Å². The lowest BCUT2D eigenvalue weighted by atomic mass is 10.00. The predicted octanol–water partition coefficient (Wildman–Crippen LogP) is 1.57. The molecule has 1 saturated heterocycles. The first-order chi connectivity index (χ1) is 5.11. The standard InChI is InChI=1S/C9H18O2/c1-6(2)9(10)8-5-4-7(3)11-8/h6-10H,4-5H2,1-3H3/t7-,8+,9-/m0/s1. The van der Waals surface area contributed by atoms with Crippen molar-refractivity contribution in [1.29, 1.82) is 0 Å². The Labute approximate surface area is 68.6 Å². The smallest absolute Gasteiger partial charge is 0.0841 e. The van der Waals surface area contributed by atoms with Gasteiger partial charge in [-0.3, -0.25) is 0 Å². The van der Waals surface area contributed by atoms with Gasteiger partial charge < -0.3 is 9.84 Å². The van der Waals surface area contributed by atoms with Crippen molar-refractivity contribution in [2.24, 2.45) is 5.92 Å². The summed E-state index contributed by atoms with van der Waals surface area (Å²) in [6, 6.07) is 0. The van der Waals surface area contributed by atoms with Crippen molar-refractivity contribution >= 4 is 0 Å². The maximum atomic E-state index is 9.62. The lowest BCUT2D eigenvalue weighted by Gasteiger charge is -2.21. The molecule has 1 N–H and O–H groups in total. The second kappa shape index (κ2) is 3.55. The minimum atomic E-state index is -0.278. The summed E-state index contributed by atoms with van der Waals surface area (Å²) in [5.41, 5.74) is 0. The molecule has 1 fully saturated rings. The van der Waals surface area contributed by atoms with E-state index in [1.165, 1.54) is 0 Å². The summed E-state index contributed by atoms with van der Waals surface area (Å²) < 4.78 is 5.53. The molecule has 3 atom stereocenters. The van der Waals surface area contributed by atoms with Gasteiger partial charge in [0.05, 0.1) is 18.3 Å². The number of hydrogen-bond acceptors (Lipinski definition) is 2. The van der Waals surface area contributed by atoms with Gasteiger partial charge in [0.15, 0.2) is 0 Å². The Balaban J connectivity index is 2.36. The molecule has 0 aromatic rings. The Morgan fingerprint density at radius 1 is 1.36 bits per heavy atom. The first-order valence-electron chi connectivity index (χ1n) is 4.44. The fourth-order valence-corrected chi connectivity index (χ4v) is 1.51. The van der Waals surface area contributed by atoms with Crippen LogP contribution in [0.15, 0.2) is 0 Å². The third-order valence-corrected chi connectivity index (χ3v) is 2.33. The minimum absolute atomic E-state index is 0.0880. The van der Waals surface area contributed by atoms with Gasteiger partial charge in [0.1, 0.15) is 0 Å². The summed E-state index contributed by atoms with van der Waals surface area (Å²) in [5, 5.41) is 9.62. The van der Waals surface area contributed by atoms with Gasteiger partial charge in [0, 0.05) is 0 Å². The molecule has 0 radical (unpaired) electrons. The average Bonchev–Trinajstić information content (AvgIpc) is 2.34. The first kappa shape index (κ1) is 9.01. The molecule has 0 unspecified atom stereocenters. The molecule has 1 aliphatic rings. The summed E-state index contributed by atoms with van der Waals surface area (Å²) in [6.07, 6.45) is 2.26. The van der Waals surface area contributed by atoms with Gasteiger partial charge in [0.25, 0.3) is 0 Å². The Morgan fingerprint density at radius 3 is 2.36 bits per heavy atom. The van der Waals surface area contributed by atoms with E-state index in [0.717, 1.165) is 12.8 Å². The van der Waals surface area contributed by atoms with Crippen LogP contribution < -0.4 is 0 Å². The fourth-order valence-electron chi connectivity index (χ4n) is 1.51. The quantitative estimate of drug-likeness (QED) is 0.661.